The van der Waals surface area contributed by atoms with Gasteiger partial charge in [0.1, 0.15) is 5.58 Å². The molecule has 1 atom stereocenters. The topological polar surface area (TPSA) is 85.6 Å². The van der Waals surface area contributed by atoms with Crippen molar-refractivity contribution in [2.75, 3.05) is 6.61 Å². The maximum atomic E-state index is 12.0. The molecule has 126 valence electrons. The highest BCUT2D eigenvalue weighted by Gasteiger charge is 2.29. The Hall–Kier alpha value is -2.34. The molecule has 0 aliphatic heterocycles. The van der Waals surface area contributed by atoms with E-state index in [1.807, 2.05) is 6.92 Å². The van der Waals surface area contributed by atoms with Crippen molar-refractivity contribution in [3.63, 3.8) is 0 Å². The van der Waals surface area contributed by atoms with Crippen LogP contribution in [0.25, 0.3) is 11.0 Å². The Labute approximate surface area is 142 Å². The second-order valence-corrected chi connectivity index (χ2v) is 6.32. The summed E-state index contributed by atoms with van der Waals surface area (Å²) in [5.41, 5.74) is -0.178. The van der Waals surface area contributed by atoms with Crippen LogP contribution in [0.15, 0.2) is 33.5 Å². The molecular formula is C17H16ClNO5. The zero-order valence-electron chi connectivity index (χ0n) is 13.0. The van der Waals surface area contributed by atoms with Gasteiger partial charge in [-0.1, -0.05) is 11.6 Å². The molecule has 1 heterocycles. The normalized spacial score (nSPS) is 15.1. The molecule has 1 aromatic heterocycles. The average molecular weight is 350 g/mol. The summed E-state index contributed by atoms with van der Waals surface area (Å²) < 4.78 is 10.3. The maximum Gasteiger partial charge on any atom is 0.374 e. The molecule has 6 nitrogen and oxygen atoms in total. The first-order valence-electron chi connectivity index (χ1n) is 7.64. The number of carbonyl (C=O) groups is 2. The van der Waals surface area contributed by atoms with Gasteiger partial charge in [-0.25, -0.2) is 4.79 Å². The van der Waals surface area contributed by atoms with Gasteiger partial charge in [-0.2, -0.15) is 0 Å². The molecule has 1 saturated carbocycles. The first-order chi connectivity index (χ1) is 11.4. The highest BCUT2D eigenvalue weighted by atomic mass is 35.5. The lowest BCUT2D eigenvalue weighted by atomic mass is 10.2. The van der Waals surface area contributed by atoms with Crippen LogP contribution in [-0.2, 0) is 9.53 Å². The van der Waals surface area contributed by atoms with Crippen LogP contribution < -0.4 is 10.7 Å². The Balaban J connectivity index is 1.66. The van der Waals surface area contributed by atoms with E-state index in [9.17, 15) is 14.4 Å². The van der Waals surface area contributed by atoms with E-state index < -0.39 is 18.0 Å². The molecule has 1 aliphatic rings. The highest BCUT2D eigenvalue weighted by molar-refractivity contribution is 6.31. The van der Waals surface area contributed by atoms with Crippen molar-refractivity contribution >= 4 is 34.4 Å². The van der Waals surface area contributed by atoms with Crippen molar-refractivity contribution < 1.29 is 18.7 Å². The molecule has 24 heavy (non-hydrogen) atoms. The second kappa shape index (κ2) is 6.65. The molecular weight excluding hydrogens is 334 g/mol. The van der Waals surface area contributed by atoms with Gasteiger partial charge in [0, 0.05) is 17.1 Å². The van der Waals surface area contributed by atoms with Crippen LogP contribution in [0.5, 0.6) is 0 Å². The number of hydrogen-bond acceptors (Lipinski definition) is 5. The summed E-state index contributed by atoms with van der Waals surface area (Å²) in [6.07, 6.45) is 2.21. The molecule has 0 unspecified atom stereocenters. The number of rotatable bonds is 5. The summed E-state index contributed by atoms with van der Waals surface area (Å²) >= 11 is 5.83. The van der Waals surface area contributed by atoms with Crippen LogP contribution in [0, 0.1) is 5.92 Å². The summed E-state index contributed by atoms with van der Waals surface area (Å²) in [6.45, 7) is 1.50. The fourth-order valence-electron chi connectivity index (χ4n) is 2.44. The first kappa shape index (κ1) is 16.5. The molecule has 1 fully saturated rings. The minimum absolute atomic E-state index is 0.0690. The maximum absolute atomic E-state index is 12.0. The molecule has 7 heteroatoms. The molecule has 3 rings (SSSR count). The van der Waals surface area contributed by atoms with E-state index >= 15 is 0 Å². The van der Waals surface area contributed by atoms with Crippen molar-refractivity contribution in [3.05, 3.63) is 45.3 Å². The van der Waals surface area contributed by atoms with Crippen molar-refractivity contribution in [1.29, 1.82) is 0 Å². The van der Waals surface area contributed by atoms with Gasteiger partial charge < -0.3 is 14.5 Å². The summed E-state index contributed by atoms with van der Waals surface area (Å²) in [4.78, 5) is 35.7. The molecule has 0 bridgehead atoms. The minimum atomic E-state index is -0.863. The van der Waals surface area contributed by atoms with Gasteiger partial charge >= 0.3 is 5.97 Å². The lowest BCUT2D eigenvalue weighted by Gasteiger charge is -2.12. The van der Waals surface area contributed by atoms with E-state index in [0.717, 1.165) is 18.9 Å². The molecule has 0 radical (unpaired) electrons. The first-order valence-corrected chi connectivity index (χ1v) is 8.02. The smallest absolute Gasteiger partial charge is 0.374 e. The fraction of sp³-hybridized carbons (Fsp3) is 0.353. The minimum Gasteiger partial charge on any atom is -0.450 e. The fourth-order valence-corrected chi connectivity index (χ4v) is 2.61. The predicted octanol–water partition coefficient (Wildman–Crippen LogP) is 2.52. The lowest BCUT2D eigenvalue weighted by Crippen LogP contribution is -2.37. The number of hydrogen-bond donors (Lipinski definition) is 1. The lowest BCUT2D eigenvalue weighted by molar-refractivity contribution is -0.125. The van der Waals surface area contributed by atoms with Gasteiger partial charge in [0.05, 0.1) is 5.39 Å². The number of carbonyl (C=O) groups excluding carboxylic acids is 2. The average Bonchev–Trinajstić information content (AvgIpc) is 3.38. The summed E-state index contributed by atoms with van der Waals surface area (Å²) in [5.74, 6) is -0.983. The van der Waals surface area contributed by atoms with Crippen LogP contribution in [0.1, 0.15) is 30.3 Å². The molecule has 0 saturated heterocycles. The molecule has 1 aliphatic carbocycles. The third-order valence-corrected chi connectivity index (χ3v) is 4.18. The Morgan fingerprint density at radius 1 is 1.38 bits per heavy atom. The Kier molecular flexibility index (Phi) is 4.57. The molecule has 1 amide bonds. The van der Waals surface area contributed by atoms with Crippen LogP contribution in [0.4, 0.5) is 0 Å². The Morgan fingerprint density at radius 2 is 2.12 bits per heavy atom. The van der Waals surface area contributed by atoms with Crippen molar-refractivity contribution in [3.8, 4) is 0 Å². The van der Waals surface area contributed by atoms with Crippen LogP contribution in [0.3, 0.4) is 0 Å². The van der Waals surface area contributed by atoms with Crippen molar-refractivity contribution in [2.45, 2.75) is 25.8 Å². The van der Waals surface area contributed by atoms with E-state index in [-0.39, 0.29) is 28.7 Å². The highest BCUT2D eigenvalue weighted by Crippen LogP contribution is 2.32. The molecule has 1 N–H and O–H groups in total. The predicted molar refractivity (Wildman–Crippen MR) is 88.1 cm³/mol. The van der Waals surface area contributed by atoms with E-state index in [1.54, 1.807) is 6.07 Å². The Morgan fingerprint density at radius 3 is 2.83 bits per heavy atom. The van der Waals surface area contributed by atoms with Gasteiger partial charge in [-0.15, -0.1) is 0 Å². The monoisotopic (exact) mass is 349 g/mol. The van der Waals surface area contributed by atoms with Crippen LogP contribution >= 0.6 is 11.6 Å². The number of esters is 1. The standard InChI is InChI=1S/C17H16ClNO5/c1-9(10-2-3-10)19-16(21)8-23-17(22)15-7-13(20)12-6-11(18)4-5-14(12)24-15/h4-7,9-10H,2-3,8H2,1H3,(H,19,21)/t9-/m1/s1. The summed E-state index contributed by atoms with van der Waals surface area (Å²) in [5, 5.41) is 3.44. The number of amides is 1. The zero-order valence-corrected chi connectivity index (χ0v) is 13.8. The van der Waals surface area contributed by atoms with Gasteiger partial charge in [0.15, 0.2) is 12.0 Å². The quantitative estimate of drug-likeness (QED) is 0.838. The number of nitrogens with one attached hydrogen (secondary N) is 1. The third kappa shape index (κ3) is 3.76. The second-order valence-electron chi connectivity index (χ2n) is 5.89. The number of fused-ring (bicyclic) bond motifs is 1. The summed E-state index contributed by atoms with van der Waals surface area (Å²) in [7, 11) is 0. The van der Waals surface area contributed by atoms with E-state index in [0.29, 0.717) is 10.9 Å². The van der Waals surface area contributed by atoms with Crippen molar-refractivity contribution in [1.82, 2.24) is 5.32 Å². The molecule has 1 aromatic carbocycles. The van der Waals surface area contributed by atoms with E-state index in [1.165, 1.54) is 12.1 Å². The van der Waals surface area contributed by atoms with Crippen molar-refractivity contribution in [2.24, 2.45) is 5.92 Å². The van der Waals surface area contributed by atoms with Gasteiger partial charge in [-0.05, 0) is 43.9 Å². The van der Waals surface area contributed by atoms with Gasteiger partial charge in [0.2, 0.25) is 5.76 Å². The number of halogens is 1. The van der Waals surface area contributed by atoms with Gasteiger partial charge in [0.25, 0.3) is 5.91 Å². The largest absolute Gasteiger partial charge is 0.450 e. The SMILES string of the molecule is C[C@@H](NC(=O)COC(=O)c1cc(=O)c2cc(Cl)ccc2o1)C1CC1. The van der Waals surface area contributed by atoms with E-state index in [4.69, 9.17) is 20.8 Å². The Bertz CT molecular complexity index is 856. The zero-order chi connectivity index (χ0) is 17.3. The third-order valence-electron chi connectivity index (χ3n) is 3.94. The molecule has 2 aromatic rings. The van der Waals surface area contributed by atoms with E-state index in [2.05, 4.69) is 5.32 Å². The number of ether oxygens (including phenoxy) is 1. The molecule has 0 spiro atoms. The summed E-state index contributed by atoms with van der Waals surface area (Å²) in [6, 6.07) is 5.62. The van der Waals surface area contributed by atoms with Crippen LogP contribution in [0.2, 0.25) is 5.02 Å². The van der Waals surface area contributed by atoms with Gasteiger partial charge in [-0.3, -0.25) is 9.59 Å². The number of benzene rings is 1. The van der Waals surface area contributed by atoms with Crippen LogP contribution in [-0.4, -0.2) is 24.5 Å².